The summed E-state index contributed by atoms with van der Waals surface area (Å²) in [7, 11) is 1.61. The molecule has 0 radical (unpaired) electrons. The third-order valence-electron chi connectivity index (χ3n) is 3.38. The first kappa shape index (κ1) is 17.6. The highest BCUT2D eigenvalue weighted by Gasteiger charge is 2.06. The highest BCUT2D eigenvalue weighted by atomic mass is 16.5. The first-order valence-corrected chi connectivity index (χ1v) is 7.89. The maximum absolute atomic E-state index is 11.9. The van der Waals surface area contributed by atoms with E-state index in [0.29, 0.717) is 31.1 Å². The van der Waals surface area contributed by atoms with Crippen molar-refractivity contribution in [1.29, 1.82) is 0 Å². The third-order valence-corrected chi connectivity index (χ3v) is 3.38. The van der Waals surface area contributed by atoms with Gasteiger partial charge in [-0.15, -0.1) is 0 Å². The molecule has 0 saturated heterocycles. The number of pyridine rings is 1. The molecular weight excluding hydrogens is 306 g/mol. The molecule has 0 bridgehead atoms. The molecule has 0 atom stereocenters. The lowest BCUT2D eigenvalue weighted by atomic mass is 10.1. The van der Waals surface area contributed by atoms with Crippen LogP contribution in [0.15, 0.2) is 36.5 Å². The van der Waals surface area contributed by atoms with E-state index in [9.17, 15) is 4.79 Å². The minimum absolute atomic E-state index is 0.272. The Morgan fingerprint density at radius 3 is 2.75 bits per heavy atom. The van der Waals surface area contributed by atoms with Gasteiger partial charge < -0.3 is 14.8 Å². The van der Waals surface area contributed by atoms with Crippen molar-refractivity contribution >= 4 is 11.8 Å². The lowest BCUT2D eigenvalue weighted by Crippen LogP contribution is -2.30. The summed E-state index contributed by atoms with van der Waals surface area (Å²) in [6.45, 7) is 4.97. The second-order valence-corrected chi connectivity index (χ2v) is 5.27. The number of hydrogen-bond donors (Lipinski definition) is 2. The summed E-state index contributed by atoms with van der Waals surface area (Å²) in [5.41, 5.74) is 2.10. The second kappa shape index (κ2) is 8.76. The summed E-state index contributed by atoms with van der Waals surface area (Å²) < 4.78 is 10.8. The fourth-order valence-electron chi connectivity index (χ4n) is 2.23. The van der Waals surface area contributed by atoms with Crippen LogP contribution in [0.3, 0.4) is 0 Å². The quantitative estimate of drug-likeness (QED) is 0.818. The Morgan fingerprint density at radius 2 is 2.04 bits per heavy atom. The average Bonchev–Trinajstić information content (AvgIpc) is 2.56. The number of carbonyl (C=O) groups is 1. The van der Waals surface area contributed by atoms with Crippen LogP contribution in [0.5, 0.6) is 11.5 Å². The van der Waals surface area contributed by atoms with Crippen LogP contribution >= 0.6 is 0 Å². The van der Waals surface area contributed by atoms with E-state index in [1.807, 2.05) is 44.2 Å². The molecule has 0 spiro atoms. The summed E-state index contributed by atoms with van der Waals surface area (Å²) in [6, 6.07) is 9.20. The van der Waals surface area contributed by atoms with Gasteiger partial charge >= 0.3 is 6.03 Å². The van der Waals surface area contributed by atoms with Crippen LogP contribution in [-0.4, -0.2) is 31.3 Å². The SMILES string of the molecule is CCOc1ccc(CCNC(=O)Nc2cc(C)ccn2)cc1OC. The van der Waals surface area contributed by atoms with Crippen LogP contribution in [0.1, 0.15) is 18.1 Å². The zero-order valence-electron chi connectivity index (χ0n) is 14.3. The number of ether oxygens (including phenoxy) is 2. The Morgan fingerprint density at radius 1 is 1.21 bits per heavy atom. The molecule has 0 aliphatic heterocycles. The molecule has 0 unspecified atom stereocenters. The number of aromatic nitrogens is 1. The van der Waals surface area contributed by atoms with E-state index in [1.165, 1.54) is 0 Å². The summed E-state index contributed by atoms with van der Waals surface area (Å²) in [5, 5.41) is 5.53. The van der Waals surface area contributed by atoms with Gasteiger partial charge in [0.1, 0.15) is 5.82 Å². The smallest absolute Gasteiger partial charge is 0.320 e. The monoisotopic (exact) mass is 329 g/mol. The number of methoxy groups -OCH3 is 1. The van der Waals surface area contributed by atoms with E-state index >= 15 is 0 Å². The van der Waals surface area contributed by atoms with Crippen molar-refractivity contribution in [3.05, 3.63) is 47.7 Å². The van der Waals surface area contributed by atoms with Crippen molar-refractivity contribution in [3.63, 3.8) is 0 Å². The Balaban J connectivity index is 1.84. The van der Waals surface area contributed by atoms with Gasteiger partial charge in [-0.05, 0) is 55.7 Å². The Bertz CT molecular complexity index is 689. The minimum atomic E-state index is -0.272. The topological polar surface area (TPSA) is 72.5 Å². The van der Waals surface area contributed by atoms with Gasteiger partial charge in [-0.1, -0.05) is 6.07 Å². The molecule has 6 heteroatoms. The van der Waals surface area contributed by atoms with Crippen molar-refractivity contribution in [1.82, 2.24) is 10.3 Å². The van der Waals surface area contributed by atoms with E-state index in [-0.39, 0.29) is 6.03 Å². The highest BCUT2D eigenvalue weighted by molar-refractivity contribution is 5.88. The molecule has 1 heterocycles. The van der Waals surface area contributed by atoms with Gasteiger partial charge in [0, 0.05) is 12.7 Å². The lowest BCUT2D eigenvalue weighted by Gasteiger charge is -2.11. The number of hydrogen-bond acceptors (Lipinski definition) is 4. The molecule has 2 amide bonds. The first-order valence-electron chi connectivity index (χ1n) is 7.89. The van der Waals surface area contributed by atoms with E-state index in [4.69, 9.17) is 9.47 Å². The predicted molar refractivity (Wildman–Crippen MR) is 93.9 cm³/mol. The van der Waals surface area contributed by atoms with Crippen molar-refractivity contribution in [2.45, 2.75) is 20.3 Å². The highest BCUT2D eigenvalue weighted by Crippen LogP contribution is 2.28. The summed E-state index contributed by atoms with van der Waals surface area (Å²) in [5.74, 6) is 1.96. The van der Waals surface area contributed by atoms with Crippen LogP contribution in [0, 0.1) is 6.92 Å². The van der Waals surface area contributed by atoms with Gasteiger partial charge in [0.15, 0.2) is 11.5 Å². The molecule has 24 heavy (non-hydrogen) atoms. The Labute approximate surface area is 142 Å². The van der Waals surface area contributed by atoms with E-state index in [0.717, 1.165) is 16.9 Å². The average molecular weight is 329 g/mol. The summed E-state index contributed by atoms with van der Waals surface area (Å²) in [6.07, 6.45) is 2.36. The predicted octanol–water partition coefficient (Wildman–Crippen LogP) is 3.16. The van der Waals surface area contributed by atoms with Crippen LogP contribution in [0.2, 0.25) is 0 Å². The third kappa shape index (κ3) is 5.15. The maximum Gasteiger partial charge on any atom is 0.320 e. The zero-order chi connectivity index (χ0) is 17.4. The molecule has 0 aliphatic rings. The van der Waals surface area contributed by atoms with Crippen molar-refractivity contribution in [3.8, 4) is 11.5 Å². The summed E-state index contributed by atoms with van der Waals surface area (Å²) in [4.78, 5) is 16.0. The second-order valence-electron chi connectivity index (χ2n) is 5.27. The fraction of sp³-hybridized carbons (Fsp3) is 0.333. The van der Waals surface area contributed by atoms with Gasteiger partial charge in [0.2, 0.25) is 0 Å². The van der Waals surface area contributed by atoms with E-state index in [1.54, 1.807) is 13.3 Å². The molecule has 128 valence electrons. The molecule has 1 aromatic carbocycles. The number of nitrogens with one attached hydrogen (secondary N) is 2. The Hall–Kier alpha value is -2.76. The molecule has 0 fully saturated rings. The first-order chi connectivity index (χ1) is 11.6. The number of benzene rings is 1. The van der Waals surface area contributed by atoms with Crippen molar-refractivity contribution < 1.29 is 14.3 Å². The molecule has 2 aromatic rings. The van der Waals surface area contributed by atoms with Gasteiger partial charge in [0.05, 0.1) is 13.7 Å². The fourth-order valence-corrected chi connectivity index (χ4v) is 2.23. The number of nitrogens with zero attached hydrogens (tertiary/aromatic N) is 1. The molecule has 0 aliphatic carbocycles. The van der Waals surface area contributed by atoms with Crippen LogP contribution in [0.4, 0.5) is 10.6 Å². The standard InChI is InChI=1S/C18H23N3O3/c1-4-24-15-6-5-14(12-16(15)23-3)8-10-20-18(22)21-17-11-13(2)7-9-19-17/h5-7,9,11-12H,4,8,10H2,1-3H3,(H2,19,20,21,22). The van der Waals surface area contributed by atoms with Gasteiger partial charge in [-0.2, -0.15) is 0 Å². The number of amides is 2. The number of carbonyl (C=O) groups excluding carboxylic acids is 1. The minimum Gasteiger partial charge on any atom is -0.493 e. The van der Waals surface area contributed by atoms with Crippen LogP contribution in [-0.2, 0) is 6.42 Å². The molecular formula is C18H23N3O3. The van der Waals surface area contributed by atoms with Crippen molar-refractivity contribution in [2.24, 2.45) is 0 Å². The van der Waals surface area contributed by atoms with E-state index in [2.05, 4.69) is 15.6 Å². The van der Waals surface area contributed by atoms with Gasteiger partial charge in [-0.25, -0.2) is 9.78 Å². The molecule has 0 saturated carbocycles. The zero-order valence-corrected chi connectivity index (χ0v) is 14.3. The molecule has 6 nitrogen and oxygen atoms in total. The molecule has 2 rings (SSSR count). The number of aryl methyl sites for hydroxylation is 1. The maximum atomic E-state index is 11.9. The van der Waals surface area contributed by atoms with E-state index < -0.39 is 0 Å². The van der Waals surface area contributed by atoms with Gasteiger partial charge in [0.25, 0.3) is 0 Å². The van der Waals surface area contributed by atoms with Crippen LogP contribution in [0.25, 0.3) is 0 Å². The summed E-state index contributed by atoms with van der Waals surface area (Å²) >= 11 is 0. The van der Waals surface area contributed by atoms with Gasteiger partial charge in [-0.3, -0.25) is 5.32 Å². The lowest BCUT2D eigenvalue weighted by molar-refractivity contribution is 0.252. The van der Waals surface area contributed by atoms with Crippen molar-refractivity contribution in [2.75, 3.05) is 25.6 Å². The normalized spacial score (nSPS) is 10.1. The van der Waals surface area contributed by atoms with Crippen LogP contribution < -0.4 is 20.1 Å². The number of urea groups is 1. The largest absolute Gasteiger partial charge is 0.493 e. The number of rotatable bonds is 7. The molecule has 2 N–H and O–H groups in total. The Kier molecular flexibility index (Phi) is 6.42. The molecule has 1 aromatic heterocycles. The number of anilines is 1.